The van der Waals surface area contributed by atoms with Crippen LogP contribution in [0.25, 0.3) is 22.8 Å². The number of piperidine rings is 1. The van der Waals surface area contributed by atoms with E-state index in [1.807, 2.05) is 24.3 Å². The van der Waals surface area contributed by atoms with Crippen LogP contribution in [0.15, 0.2) is 57.8 Å². The molecule has 1 aromatic carbocycles. The first-order valence-electron chi connectivity index (χ1n) is 11.0. The highest BCUT2D eigenvalue weighted by Crippen LogP contribution is 2.64. The van der Waals surface area contributed by atoms with E-state index in [1.165, 1.54) is 5.56 Å². The maximum absolute atomic E-state index is 5.61. The zero-order valence-corrected chi connectivity index (χ0v) is 17.9. The number of likely N-dealkylation sites (tertiary alicyclic amines) is 1. The highest BCUT2D eigenvalue weighted by Gasteiger charge is 2.58. The standard InChI is InChI=1S/C24H24N6O2/c1-16-4-2-5-17(12-16)21-26-20(31-28-21)15-30-10-7-24(8-11-30)13-19(24)23-27-22(29-32-23)18-6-3-9-25-14-18/h2-6,9,12,14,19H,7-8,10-11,13,15H2,1H3/t19-/m0/s1. The van der Waals surface area contributed by atoms with Gasteiger partial charge >= 0.3 is 0 Å². The molecule has 2 aliphatic rings. The van der Waals surface area contributed by atoms with Crippen molar-refractivity contribution in [3.8, 4) is 22.8 Å². The van der Waals surface area contributed by atoms with Crippen LogP contribution in [0.2, 0.25) is 0 Å². The van der Waals surface area contributed by atoms with Crippen LogP contribution >= 0.6 is 0 Å². The molecule has 3 aromatic heterocycles. The Kier molecular flexibility index (Phi) is 4.61. The van der Waals surface area contributed by atoms with E-state index in [0.717, 1.165) is 49.4 Å². The number of rotatable bonds is 5. The molecule has 1 spiro atoms. The minimum atomic E-state index is 0.289. The van der Waals surface area contributed by atoms with E-state index < -0.39 is 0 Å². The first-order chi connectivity index (χ1) is 15.7. The fourth-order valence-corrected chi connectivity index (χ4v) is 4.81. The Hall–Kier alpha value is -3.39. The molecular formula is C24H24N6O2. The second-order valence-electron chi connectivity index (χ2n) is 8.97. The van der Waals surface area contributed by atoms with Crippen molar-refractivity contribution in [3.63, 3.8) is 0 Å². The maximum Gasteiger partial charge on any atom is 0.241 e. The summed E-state index contributed by atoms with van der Waals surface area (Å²) in [6.45, 7) is 4.75. The average molecular weight is 428 g/mol. The summed E-state index contributed by atoms with van der Waals surface area (Å²) >= 11 is 0. The van der Waals surface area contributed by atoms with E-state index in [0.29, 0.717) is 30.0 Å². The van der Waals surface area contributed by atoms with Gasteiger partial charge in [0.2, 0.25) is 23.4 Å². The molecule has 4 heterocycles. The number of aromatic nitrogens is 5. The lowest BCUT2D eigenvalue weighted by Gasteiger charge is -2.31. The van der Waals surface area contributed by atoms with Crippen molar-refractivity contribution in [3.05, 3.63) is 66.1 Å². The van der Waals surface area contributed by atoms with Crippen molar-refractivity contribution in [1.29, 1.82) is 0 Å². The molecule has 0 amide bonds. The van der Waals surface area contributed by atoms with Gasteiger partial charge in [-0.15, -0.1) is 0 Å². The van der Waals surface area contributed by atoms with E-state index in [-0.39, 0.29) is 5.41 Å². The molecule has 0 bridgehead atoms. The van der Waals surface area contributed by atoms with Gasteiger partial charge in [0.05, 0.1) is 6.54 Å². The molecule has 0 N–H and O–H groups in total. The fraction of sp³-hybridized carbons (Fsp3) is 0.375. The lowest BCUT2D eigenvalue weighted by molar-refractivity contribution is 0.144. The Labute approximate surface area is 185 Å². The van der Waals surface area contributed by atoms with Gasteiger partial charge in [0.25, 0.3) is 0 Å². The van der Waals surface area contributed by atoms with Crippen molar-refractivity contribution < 1.29 is 9.05 Å². The van der Waals surface area contributed by atoms with Gasteiger partial charge in [-0.05, 0) is 62.9 Å². The molecule has 8 heteroatoms. The first kappa shape index (κ1) is 19.3. The van der Waals surface area contributed by atoms with Gasteiger partial charge in [-0.2, -0.15) is 9.97 Å². The Balaban J connectivity index is 1.07. The third-order valence-electron chi connectivity index (χ3n) is 6.80. The van der Waals surface area contributed by atoms with E-state index in [4.69, 9.17) is 9.05 Å². The minimum Gasteiger partial charge on any atom is -0.339 e. The van der Waals surface area contributed by atoms with Gasteiger partial charge in [-0.3, -0.25) is 9.88 Å². The summed E-state index contributed by atoms with van der Waals surface area (Å²) in [6, 6.07) is 12.0. The average Bonchev–Trinajstić information content (AvgIpc) is 3.18. The molecule has 6 rings (SSSR count). The smallest absolute Gasteiger partial charge is 0.241 e. The van der Waals surface area contributed by atoms with Crippen molar-refractivity contribution in [2.75, 3.05) is 13.1 Å². The molecule has 1 aliphatic carbocycles. The largest absolute Gasteiger partial charge is 0.339 e. The van der Waals surface area contributed by atoms with E-state index >= 15 is 0 Å². The number of benzene rings is 1. The molecule has 2 fully saturated rings. The van der Waals surface area contributed by atoms with Crippen molar-refractivity contribution in [1.82, 2.24) is 30.2 Å². The lowest BCUT2D eigenvalue weighted by atomic mass is 9.91. The van der Waals surface area contributed by atoms with Crippen LogP contribution in [0.5, 0.6) is 0 Å². The second kappa shape index (κ2) is 7.63. The summed E-state index contributed by atoms with van der Waals surface area (Å²) < 4.78 is 11.1. The fourth-order valence-electron chi connectivity index (χ4n) is 4.81. The molecule has 32 heavy (non-hydrogen) atoms. The van der Waals surface area contributed by atoms with E-state index in [1.54, 1.807) is 12.4 Å². The zero-order chi connectivity index (χ0) is 21.5. The molecule has 1 saturated heterocycles. The summed E-state index contributed by atoms with van der Waals surface area (Å²) in [5.74, 6) is 3.06. The SMILES string of the molecule is Cc1cccc(-c2noc(CN3CCC4(CC3)C[C@H]4c3nc(-c4cccnc4)no3)n2)c1. The van der Waals surface area contributed by atoms with Gasteiger partial charge in [0.1, 0.15) is 0 Å². The molecule has 162 valence electrons. The summed E-state index contributed by atoms with van der Waals surface area (Å²) in [6.07, 6.45) is 6.85. The van der Waals surface area contributed by atoms with Crippen LogP contribution in [-0.4, -0.2) is 43.3 Å². The van der Waals surface area contributed by atoms with Crippen molar-refractivity contribution >= 4 is 0 Å². The lowest BCUT2D eigenvalue weighted by Crippen LogP contribution is -2.34. The molecule has 4 aromatic rings. The number of nitrogens with zero attached hydrogens (tertiary/aromatic N) is 6. The van der Waals surface area contributed by atoms with Crippen LogP contribution in [0.1, 0.15) is 42.5 Å². The number of pyridine rings is 1. The summed E-state index contributed by atoms with van der Waals surface area (Å²) in [5.41, 5.74) is 3.35. The Bertz CT molecular complexity index is 1230. The third kappa shape index (κ3) is 3.60. The number of hydrogen-bond acceptors (Lipinski definition) is 8. The first-order valence-corrected chi connectivity index (χ1v) is 11.0. The minimum absolute atomic E-state index is 0.289. The van der Waals surface area contributed by atoms with Crippen LogP contribution in [0.4, 0.5) is 0 Å². The van der Waals surface area contributed by atoms with Gasteiger partial charge in [0.15, 0.2) is 0 Å². The van der Waals surface area contributed by atoms with Gasteiger partial charge in [0, 0.05) is 29.4 Å². The van der Waals surface area contributed by atoms with E-state index in [9.17, 15) is 0 Å². The zero-order valence-electron chi connectivity index (χ0n) is 17.9. The molecule has 0 unspecified atom stereocenters. The predicted octanol–water partition coefficient (Wildman–Crippen LogP) is 4.26. The topological polar surface area (TPSA) is 94.0 Å². The monoisotopic (exact) mass is 428 g/mol. The summed E-state index contributed by atoms with van der Waals surface area (Å²) in [4.78, 5) is 15.8. The Morgan fingerprint density at radius 2 is 1.81 bits per heavy atom. The molecule has 1 saturated carbocycles. The third-order valence-corrected chi connectivity index (χ3v) is 6.80. The van der Waals surface area contributed by atoms with Crippen LogP contribution in [-0.2, 0) is 6.54 Å². The maximum atomic E-state index is 5.61. The summed E-state index contributed by atoms with van der Waals surface area (Å²) in [7, 11) is 0. The van der Waals surface area contributed by atoms with Gasteiger partial charge in [-0.1, -0.05) is 34.1 Å². The highest BCUT2D eigenvalue weighted by atomic mass is 16.5. The van der Waals surface area contributed by atoms with E-state index in [2.05, 4.69) is 49.2 Å². The van der Waals surface area contributed by atoms with Crippen molar-refractivity contribution in [2.24, 2.45) is 5.41 Å². The van der Waals surface area contributed by atoms with Gasteiger partial charge in [-0.25, -0.2) is 0 Å². The van der Waals surface area contributed by atoms with Crippen LogP contribution < -0.4 is 0 Å². The molecule has 8 nitrogen and oxygen atoms in total. The highest BCUT2D eigenvalue weighted by molar-refractivity contribution is 5.55. The quantitative estimate of drug-likeness (QED) is 0.465. The van der Waals surface area contributed by atoms with Crippen LogP contribution in [0, 0.1) is 12.3 Å². The summed E-state index contributed by atoms with van der Waals surface area (Å²) in [5, 5.41) is 8.33. The number of hydrogen-bond donors (Lipinski definition) is 0. The molecular weight excluding hydrogens is 404 g/mol. The van der Waals surface area contributed by atoms with Gasteiger partial charge < -0.3 is 9.05 Å². The Morgan fingerprint density at radius 1 is 1.00 bits per heavy atom. The molecule has 1 atom stereocenters. The Morgan fingerprint density at radius 3 is 2.62 bits per heavy atom. The van der Waals surface area contributed by atoms with Crippen molar-refractivity contribution in [2.45, 2.75) is 38.6 Å². The number of aryl methyl sites for hydroxylation is 1. The molecule has 0 radical (unpaired) electrons. The normalized spacial score (nSPS) is 20.0. The molecule has 1 aliphatic heterocycles. The van der Waals surface area contributed by atoms with Crippen LogP contribution in [0.3, 0.4) is 0 Å². The second-order valence-corrected chi connectivity index (χ2v) is 8.97. The predicted molar refractivity (Wildman–Crippen MR) is 116 cm³/mol.